The van der Waals surface area contributed by atoms with Crippen molar-refractivity contribution in [3.8, 4) is 0 Å². The van der Waals surface area contributed by atoms with Gasteiger partial charge in [0.15, 0.2) is 0 Å². The molecule has 2 heterocycles. The van der Waals surface area contributed by atoms with Crippen LogP contribution in [0.5, 0.6) is 0 Å². The van der Waals surface area contributed by atoms with Crippen LogP contribution in [-0.2, 0) is 11.2 Å². The van der Waals surface area contributed by atoms with Crippen LogP contribution in [0, 0.1) is 0 Å². The van der Waals surface area contributed by atoms with Gasteiger partial charge in [0.2, 0.25) is 5.91 Å². The molecule has 1 aliphatic heterocycles. The highest BCUT2D eigenvalue weighted by atomic mass is 16.4. The van der Waals surface area contributed by atoms with E-state index >= 15 is 0 Å². The molecule has 128 valence electrons. The van der Waals surface area contributed by atoms with Gasteiger partial charge in [0.25, 0.3) is 0 Å². The fourth-order valence-electron chi connectivity index (χ4n) is 3.22. The lowest BCUT2D eigenvalue weighted by Gasteiger charge is -2.34. The Hall–Kier alpha value is -2.54. The Bertz CT molecular complexity index is 742. The summed E-state index contributed by atoms with van der Waals surface area (Å²) in [7, 11) is 0. The Labute approximate surface area is 140 Å². The number of hydrogen-bond acceptors (Lipinski definition) is 3. The molecule has 1 aromatic heterocycles. The van der Waals surface area contributed by atoms with E-state index in [4.69, 9.17) is 5.11 Å². The number of piperazine rings is 1. The predicted molar refractivity (Wildman–Crippen MR) is 91.0 cm³/mol. The summed E-state index contributed by atoms with van der Waals surface area (Å²) in [6, 6.07) is 7.21. The maximum atomic E-state index is 12.8. The number of nitrogens with one attached hydrogen (secondary N) is 3. The molecule has 1 fully saturated rings. The zero-order chi connectivity index (χ0) is 17.1. The van der Waals surface area contributed by atoms with Crippen molar-refractivity contribution >= 4 is 22.9 Å². The van der Waals surface area contributed by atoms with Gasteiger partial charge in [0.1, 0.15) is 6.04 Å². The van der Waals surface area contributed by atoms with E-state index in [1.807, 2.05) is 37.4 Å². The normalized spacial score (nSPS) is 19.2. The van der Waals surface area contributed by atoms with Crippen molar-refractivity contribution in [1.82, 2.24) is 20.5 Å². The van der Waals surface area contributed by atoms with Crippen LogP contribution in [0.25, 0.3) is 10.9 Å². The Morgan fingerprint density at radius 1 is 1.42 bits per heavy atom. The summed E-state index contributed by atoms with van der Waals surface area (Å²) < 4.78 is 0. The quantitative estimate of drug-likeness (QED) is 0.676. The number of hydrogen-bond donors (Lipinski definition) is 4. The third-order valence-electron chi connectivity index (χ3n) is 4.38. The number of carbonyl (C=O) groups excluding carboxylic acids is 1. The highest BCUT2D eigenvalue weighted by Gasteiger charge is 2.29. The summed E-state index contributed by atoms with van der Waals surface area (Å²) in [4.78, 5) is 28.9. The number of para-hydroxylation sites is 1. The van der Waals surface area contributed by atoms with Gasteiger partial charge in [-0.05, 0) is 18.6 Å². The molecule has 0 radical (unpaired) electrons. The average molecular weight is 330 g/mol. The van der Waals surface area contributed by atoms with Crippen molar-refractivity contribution in [3.63, 3.8) is 0 Å². The van der Waals surface area contributed by atoms with E-state index in [-0.39, 0.29) is 11.9 Å². The predicted octanol–water partition coefficient (Wildman–Crippen LogP) is 1.17. The summed E-state index contributed by atoms with van der Waals surface area (Å²) in [5.74, 6) is -0.170. The largest absolute Gasteiger partial charge is 0.465 e. The molecule has 1 aliphatic rings. The molecule has 0 spiro atoms. The Balaban J connectivity index is 1.81. The molecule has 3 rings (SSSR count). The van der Waals surface area contributed by atoms with Gasteiger partial charge in [-0.2, -0.15) is 0 Å². The molecule has 7 nitrogen and oxygen atoms in total. The first kappa shape index (κ1) is 16.3. The van der Waals surface area contributed by atoms with Crippen LogP contribution in [-0.4, -0.2) is 58.7 Å². The molecule has 0 aliphatic carbocycles. The number of rotatable bonds is 4. The number of carbonyl (C=O) groups is 2. The van der Waals surface area contributed by atoms with Crippen molar-refractivity contribution in [1.29, 1.82) is 0 Å². The van der Waals surface area contributed by atoms with Crippen molar-refractivity contribution in [2.75, 3.05) is 19.6 Å². The molecule has 2 amide bonds. The number of nitrogens with zero attached hydrogens (tertiary/aromatic N) is 1. The summed E-state index contributed by atoms with van der Waals surface area (Å²) >= 11 is 0. The molecular formula is C17H22N4O3. The summed E-state index contributed by atoms with van der Waals surface area (Å²) in [6.45, 7) is 3.91. The van der Waals surface area contributed by atoms with Crippen LogP contribution in [0.4, 0.5) is 4.79 Å². The van der Waals surface area contributed by atoms with Crippen molar-refractivity contribution in [2.45, 2.75) is 25.4 Å². The molecule has 2 atom stereocenters. The second-order valence-electron chi connectivity index (χ2n) is 6.21. The molecule has 0 saturated carbocycles. The van der Waals surface area contributed by atoms with E-state index in [9.17, 15) is 9.59 Å². The van der Waals surface area contributed by atoms with Crippen LogP contribution >= 0.6 is 0 Å². The van der Waals surface area contributed by atoms with Gasteiger partial charge < -0.3 is 25.6 Å². The van der Waals surface area contributed by atoms with Crippen LogP contribution < -0.4 is 10.6 Å². The summed E-state index contributed by atoms with van der Waals surface area (Å²) in [6.07, 6.45) is 0.985. The summed E-state index contributed by atoms with van der Waals surface area (Å²) in [5.41, 5.74) is 1.91. The number of aromatic amines is 1. The molecule has 7 heteroatoms. The molecule has 1 aromatic carbocycles. The molecule has 0 bridgehead atoms. The zero-order valence-electron chi connectivity index (χ0n) is 13.6. The lowest BCUT2D eigenvalue weighted by Crippen LogP contribution is -2.57. The third-order valence-corrected chi connectivity index (χ3v) is 4.38. The van der Waals surface area contributed by atoms with E-state index in [2.05, 4.69) is 15.6 Å². The van der Waals surface area contributed by atoms with Crippen LogP contribution in [0.1, 0.15) is 12.5 Å². The van der Waals surface area contributed by atoms with Gasteiger partial charge in [-0.25, -0.2) is 4.79 Å². The number of benzene rings is 1. The van der Waals surface area contributed by atoms with Crippen molar-refractivity contribution < 1.29 is 14.7 Å². The minimum absolute atomic E-state index is 0.170. The Kier molecular flexibility index (Phi) is 4.71. The van der Waals surface area contributed by atoms with Crippen molar-refractivity contribution in [2.24, 2.45) is 0 Å². The molecule has 2 aromatic rings. The van der Waals surface area contributed by atoms with Crippen molar-refractivity contribution in [3.05, 3.63) is 36.0 Å². The average Bonchev–Trinajstić information content (AvgIpc) is 2.96. The van der Waals surface area contributed by atoms with Crippen LogP contribution in [0.3, 0.4) is 0 Å². The maximum absolute atomic E-state index is 12.8. The Morgan fingerprint density at radius 3 is 2.96 bits per heavy atom. The highest BCUT2D eigenvalue weighted by Crippen LogP contribution is 2.20. The van der Waals surface area contributed by atoms with Gasteiger partial charge in [0, 0.05) is 49.2 Å². The maximum Gasteiger partial charge on any atom is 0.405 e. The number of aromatic nitrogens is 1. The van der Waals surface area contributed by atoms with E-state index in [0.717, 1.165) is 23.0 Å². The van der Waals surface area contributed by atoms with Gasteiger partial charge in [-0.1, -0.05) is 18.2 Å². The number of fused-ring (bicyclic) bond motifs is 1. The lowest BCUT2D eigenvalue weighted by atomic mass is 10.0. The van der Waals surface area contributed by atoms with Gasteiger partial charge in [-0.15, -0.1) is 0 Å². The van der Waals surface area contributed by atoms with E-state index in [1.54, 1.807) is 4.90 Å². The fourth-order valence-corrected chi connectivity index (χ4v) is 3.22. The standard InChI is InChI=1S/C17H22N4O3/c1-11-10-21(7-6-18-11)16(22)15(20-17(23)24)8-12-9-19-14-5-3-2-4-13(12)14/h2-5,9,11,15,18-20H,6-8,10H2,1H3,(H,23,24). The van der Waals surface area contributed by atoms with Gasteiger partial charge >= 0.3 is 6.09 Å². The van der Waals surface area contributed by atoms with Crippen LogP contribution in [0.15, 0.2) is 30.5 Å². The first-order valence-electron chi connectivity index (χ1n) is 8.11. The van der Waals surface area contributed by atoms with E-state index in [0.29, 0.717) is 19.5 Å². The lowest BCUT2D eigenvalue weighted by molar-refractivity contribution is -0.134. The minimum atomic E-state index is -1.18. The highest BCUT2D eigenvalue weighted by molar-refractivity contribution is 5.88. The first-order valence-corrected chi connectivity index (χ1v) is 8.11. The second-order valence-corrected chi connectivity index (χ2v) is 6.21. The monoisotopic (exact) mass is 330 g/mol. The number of carboxylic acid groups (broad SMARTS) is 1. The minimum Gasteiger partial charge on any atom is -0.465 e. The molecule has 24 heavy (non-hydrogen) atoms. The molecule has 2 unspecified atom stereocenters. The second kappa shape index (κ2) is 6.92. The van der Waals surface area contributed by atoms with Gasteiger partial charge in [-0.3, -0.25) is 4.79 Å². The van der Waals surface area contributed by atoms with E-state index in [1.165, 1.54) is 0 Å². The molecular weight excluding hydrogens is 308 g/mol. The smallest absolute Gasteiger partial charge is 0.405 e. The zero-order valence-corrected chi connectivity index (χ0v) is 13.6. The third kappa shape index (κ3) is 3.51. The number of amides is 2. The van der Waals surface area contributed by atoms with Gasteiger partial charge in [0.05, 0.1) is 0 Å². The SMILES string of the molecule is CC1CN(C(=O)C(Cc2c[nH]c3ccccc23)NC(=O)O)CCN1. The summed E-state index contributed by atoms with van der Waals surface area (Å²) in [5, 5.41) is 15.8. The van der Waals surface area contributed by atoms with E-state index < -0.39 is 12.1 Å². The van der Waals surface area contributed by atoms with Crippen LogP contribution in [0.2, 0.25) is 0 Å². The molecule has 1 saturated heterocycles. The first-order chi connectivity index (χ1) is 11.5. The number of H-pyrrole nitrogens is 1. The Morgan fingerprint density at radius 2 is 2.21 bits per heavy atom. The fraction of sp³-hybridized carbons (Fsp3) is 0.412. The molecule has 4 N–H and O–H groups in total. The topological polar surface area (TPSA) is 97.5 Å².